The van der Waals surface area contributed by atoms with Gasteiger partial charge in [-0.2, -0.15) is 23.5 Å². The van der Waals surface area contributed by atoms with Gasteiger partial charge in [-0.25, -0.2) is 0 Å². The first-order chi connectivity index (χ1) is 49.1. The van der Waals surface area contributed by atoms with Gasteiger partial charge in [0, 0.05) is 101 Å². The summed E-state index contributed by atoms with van der Waals surface area (Å²) in [4.78, 5) is 166. The summed E-state index contributed by atoms with van der Waals surface area (Å²) in [5.41, 5.74) is 3.09. The fraction of sp³-hybridized carbons (Fsp3) is 0.519. The lowest BCUT2D eigenvalue weighted by Crippen LogP contribution is -2.61. The quantitative estimate of drug-likeness (QED) is 0.0779. The van der Waals surface area contributed by atoms with Crippen molar-refractivity contribution < 1.29 is 57.5 Å². The number of ether oxygens (including phenoxy) is 1. The van der Waals surface area contributed by atoms with Crippen LogP contribution >= 0.6 is 23.5 Å². The number of amides is 8. The number of methoxy groups -OCH3 is 1. The van der Waals surface area contributed by atoms with Crippen molar-refractivity contribution in [1.29, 1.82) is 0 Å². The van der Waals surface area contributed by atoms with Gasteiger partial charge in [-0.05, 0) is 96.4 Å². The van der Waals surface area contributed by atoms with Crippen molar-refractivity contribution in [2.45, 2.75) is 193 Å². The van der Waals surface area contributed by atoms with Crippen molar-refractivity contribution in [3.05, 3.63) is 155 Å². The topological polar surface area (TPSA) is 267 Å². The Kier molecular flexibility index (Phi) is 31.6. The summed E-state index contributed by atoms with van der Waals surface area (Å²) in [6.07, 6.45) is -0.102. The first-order valence-corrected chi connectivity index (χ1v) is 38.7. The van der Waals surface area contributed by atoms with Gasteiger partial charge in [0.25, 0.3) is 0 Å². The number of nitrogens with one attached hydrogen (secondary N) is 5. The fourth-order valence-corrected chi connectivity index (χ4v) is 15.4. The van der Waals surface area contributed by atoms with Crippen LogP contribution in [-0.2, 0) is 88.2 Å². The average molecular weight is 1450 g/mol. The van der Waals surface area contributed by atoms with Crippen LogP contribution in [0.15, 0.2) is 127 Å². The van der Waals surface area contributed by atoms with E-state index >= 15 is 14.4 Å². The monoisotopic (exact) mass is 1450 g/mol. The van der Waals surface area contributed by atoms with Gasteiger partial charge in [0.15, 0.2) is 17.3 Å². The molecule has 103 heavy (non-hydrogen) atoms. The van der Waals surface area contributed by atoms with Crippen LogP contribution in [0.25, 0.3) is 10.8 Å². The normalized spacial score (nSPS) is 25.4. The van der Waals surface area contributed by atoms with E-state index in [2.05, 4.69) is 32.7 Å². The van der Waals surface area contributed by atoms with E-state index < -0.39 is 124 Å². The number of fused-ring (bicyclic) bond motifs is 4. The van der Waals surface area contributed by atoms with Gasteiger partial charge in [-0.15, -0.1) is 0 Å². The van der Waals surface area contributed by atoms with Crippen LogP contribution in [0.4, 0.5) is 0 Å². The van der Waals surface area contributed by atoms with Crippen molar-refractivity contribution in [3.8, 4) is 0 Å². The molecule has 0 aliphatic carbocycles. The largest absolute Gasteiger partial charge is 0.379 e. The Labute approximate surface area is 617 Å². The maximum absolute atomic E-state index is 15.4. The lowest BCUT2D eigenvalue weighted by Gasteiger charge is -2.34. The Hall–Kier alpha value is -8.21. The summed E-state index contributed by atoms with van der Waals surface area (Å²) in [7, 11) is 4.51. The van der Waals surface area contributed by atoms with Crippen molar-refractivity contribution in [2.24, 2.45) is 29.1 Å². The Balaban J connectivity index is 1.20. The minimum Gasteiger partial charge on any atom is -0.379 e. The van der Waals surface area contributed by atoms with E-state index in [4.69, 9.17) is 4.74 Å². The SMILES string of the molecule is CCC[C@H]1C(=O)C[C@@H](C)C(=O)N[C@@H](Cc2ccccc2)C(=O)C[C@@](C)(C(C)C)C(=O)N[C@@H](C)C(=O)NCCSCc2cccc(c2)CSCCC(=O)N(C)[C@@H](C(C)C)C(=O)C[C@@H](Cc2ccccc2)C(=O)N2CCC[C@H]2C(=O)N[C@@H]([C@@H](C)OC)C(=O)N[C@@H](Cc2cccc3ccccc23)C(=O)N1C. The van der Waals surface area contributed by atoms with Crippen LogP contribution in [0.5, 0.6) is 0 Å². The number of hydrogen-bond acceptors (Lipinski definition) is 14. The Morgan fingerprint density at radius 3 is 1.86 bits per heavy atom. The maximum atomic E-state index is 15.4. The summed E-state index contributed by atoms with van der Waals surface area (Å²) >= 11 is 3.24. The van der Waals surface area contributed by atoms with E-state index in [1.165, 1.54) is 28.9 Å². The second-order valence-electron chi connectivity index (χ2n) is 28.7. The zero-order chi connectivity index (χ0) is 75.1. The molecule has 7 rings (SSSR count). The summed E-state index contributed by atoms with van der Waals surface area (Å²) in [6.45, 7) is 16.2. The standard InChI is InChI=1S/C81H108N8O12S2/c1-13-25-66-68(90)42-53(6)74(94)84-64(45-57-28-18-15-19-29-57)70(92)48-81(9,52(4)5)80(100)83-54(7)75(95)82-38-41-103-50-59-31-22-30-58(43-59)49-102-40-37-71(93)88(11)73(51(2)3)69(91)47-62(44-56-26-16-14-17-27-56)78(98)89-39-24-36-67(89)76(96)86-72(55(8)101-12)77(97)85-65(79(99)87(66)10)46-61-34-23-33-60-32-20-21-35-63(60)61/h14-23,26-35,43,51-55,62,64-67,72-73H,13,24-25,36-42,44-50H2,1-12H3,(H,82,95)(H,83,100)(H,84,94)(H,85,97)(H,86,96)/t53-,54+,55-,62-,64+,65+,66+,67+,72+,73+,81+/m1/s1. The third-order valence-electron chi connectivity index (χ3n) is 20.4. The molecule has 11 atom stereocenters. The second-order valence-corrected chi connectivity index (χ2v) is 30.9. The molecule has 1 saturated heterocycles. The summed E-state index contributed by atoms with van der Waals surface area (Å²) in [6, 6.07) is 32.0. The maximum Gasteiger partial charge on any atom is 0.245 e. The van der Waals surface area contributed by atoms with Crippen molar-refractivity contribution in [3.63, 3.8) is 0 Å². The lowest BCUT2D eigenvalue weighted by molar-refractivity contribution is -0.146. The molecule has 2 bridgehead atoms. The number of thioether (sulfide) groups is 2. The van der Waals surface area contributed by atoms with Crippen LogP contribution in [-0.4, -0.2) is 174 Å². The first kappa shape index (κ1) is 82.1. The van der Waals surface area contributed by atoms with Crippen LogP contribution in [0, 0.1) is 29.1 Å². The first-order valence-electron chi connectivity index (χ1n) is 36.4. The van der Waals surface area contributed by atoms with Crippen LogP contribution < -0.4 is 26.6 Å². The zero-order valence-electron chi connectivity index (χ0n) is 62.1. The highest BCUT2D eigenvalue weighted by atomic mass is 32.2. The number of benzene rings is 5. The minimum atomic E-state index is -1.42. The van der Waals surface area contributed by atoms with Crippen molar-refractivity contribution in [1.82, 2.24) is 41.3 Å². The van der Waals surface area contributed by atoms with E-state index in [1.807, 2.05) is 156 Å². The highest BCUT2D eigenvalue weighted by molar-refractivity contribution is 7.98. The van der Waals surface area contributed by atoms with E-state index in [9.17, 15) is 38.4 Å². The number of Topliss-reactive ketones (excluding diaryl/α,β-unsaturated/α-hetero) is 3. The summed E-state index contributed by atoms with van der Waals surface area (Å²) < 4.78 is 5.77. The van der Waals surface area contributed by atoms with Crippen LogP contribution in [0.3, 0.4) is 0 Å². The molecule has 2 heterocycles. The van der Waals surface area contributed by atoms with Gasteiger partial charge in [0.05, 0.1) is 29.6 Å². The molecular formula is C81H108N8O12S2. The predicted octanol–water partition coefficient (Wildman–Crippen LogP) is 9.44. The number of ketones is 3. The van der Waals surface area contributed by atoms with E-state index in [1.54, 1.807) is 58.3 Å². The number of hydrogen-bond donors (Lipinski definition) is 5. The molecular weight excluding hydrogens is 1340 g/mol. The summed E-state index contributed by atoms with van der Waals surface area (Å²) in [5.74, 6) is -5.56. The minimum absolute atomic E-state index is 0.0470. The van der Waals surface area contributed by atoms with E-state index in [-0.39, 0.29) is 81.9 Å². The Bertz CT molecular complexity index is 3740. The molecule has 2 aliphatic heterocycles. The van der Waals surface area contributed by atoms with Gasteiger partial charge in [-0.3, -0.25) is 52.7 Å². The molecule has 0 unspecified atom stereocenters. The Morgan fingerprint density at radius 1 is 0.612 bits per heavy atom. The number of carbonyl (C=O) groups excluding carboxylic acids is 11. The van der Waals surface area contributed by atoms with Gasteiger partial charge < -0.3 is 46.0 Å². The third-order valence-corrected chi connectivity index (χ3v) is 22.4. The van der Waals surface area contributed by atoms with Gasteiger partial charge in [0.1, 0.15) is 24.2 Å². The molecule has 0 radical (unpaired) electrons. The Morgan fingerprint density at radius 2 is 1.22 bits per heavy atom. The highest BCUT2D eigenvalue weighted by Crippen LogP contribution is 2.34. The molecule has 8 amide bonds. The smallest absolute Gasteiger partial charge is 0.245 e. The fourth-order valence-electron chi connectivity index (χ4n) is 13.7. The number of rotatable bonds is 12. The van der Waals surface area contributed by atoms with Gasteiger partial charge >= 0.3 is 0 Å². The lowest BCUT2D eigenvalue weighted by atomic mass is 9.73. The molecule has 0 aromatic heterocycles. The molecule has 556 valence electrons. The number of nitrogens with zero attached hydrogens (tertiary/aromatic N) is 3. The molecule has 0 saturated carbocycles. The highest BCUT2D eigenvalue weighted by Gasteiger charge is 2.45. The van der Waals surface area contributed by atoms with Crippen LogP contribution in [0.1, 0.15) is 141 Å². The summed E-state index contributed by atoms with van der Waals surface area (Å²) in [5, 5.41) is 16.3. The number of likely N-dealkylation sites (N-methyl/N-ethyl adjacent to an activating group) is 2. The molecule has 5 aromatic carbocycles. The van der Waals surface area contributed by atoms with Crippen molar-refractivity contribution >= 4 is 98.9 Å². The zero-order valence-corrected chi connectivity index (χ0v) is 63.8. The van der Waals surface area contributed by atoms with Crippen molar-refractivity contribution in [2.75, 3.05) is 45.8 Å². The second kappa shape index (κ2) is 39.6. The molecule has 22 heteroatoms. The molecule has 5 N–H and O–H groups in total. The molecule has 2 aliphatic rings. The number of carbonyl (C=O) groups is 11. The van der Waals surface area contributed by atoms with E-state index in [0.717, 1.165) is 33.0 Å². The predicted molar refractivity (Wildman–Crippen MR) is 406 cm³/mol. The molecule has 1 fully saturated rings. The van der Waals surface area contributed by atoms with Gasteiger partial charge in [0.2, 0.25) is 47.3 Å². The third kappa shape index (κ3) is 22.9. The molecule has 20 nitrogen and oxygen atoms in total. The van der Waals surface area contributed by atoms with E-state index in [0.29, 0.717) is 48.0 Å². The van der Waals surface area contributed by atoms with Gasteiger partial charge in [-0.1, -0.05) is 182 Å². The molecule has 5 aromatic rings. The average Bonchev–Trinajstić information content (AvgIpc) is 1.70. The molecule has 0 spiro atoms. The van der Waals surface area contributed by atoms with Crippen LogP contribution in [0.2, 0.25) is 0 Å².